The van der Waals surface area contributed by atoms with Gasteiger partial charge in [-0.15, -0.1) is 0 Å². The number of rotatable bonds is 6. The first-order valence-corrected chi connectivity index (χ1v) is 6.41. The largest absolute Gasteiger partial charge is 0.480 e. The highest BCUT2D eigenvalue weighted by Gasteiger charge is 2.16. The monoisotopic (exact) mass is 294 g/mol. The summed E-state index contributed by atoms with van der Waals surface area (Å²) >= 11 is 0. The molecule has 1 aromatic carbocycles. The van der Waals surface area contributed by atoms with Gasteiger partial charge in [-0.25, -0.2) is 9.59 Å². The third kappa shape index (κ3) is 5.62. The fraction of sp³-hybridized carbons (Fsp3) is 0.357. The number of hydrogen-bond acceptors (Lipinski definition) is 4. The van der Waals surface area contributed by atoms with E-state index in [9.17, 15) is 14.4 Å². The van der Waals surface area contributed by atoms with Crippen LogP contribution < -0.4 is 10.2 Å². The van der Waals surface area contributed by atoms with Crippen LogP contribution in [0.15, 0.2) is 24.3 Å². The van der Waals surface area contributed by atoms with Crippen LogP contribution in [0.5, 0.6) is 0 Å². The van der Waals surface area contributed by atoms with Gasteiger partial charge in [0.1, 0.15) is 13.2 Å². The Morgan fingerprint density at radius 1 is 1.29 bits per heavy atom. The summed E-state index contributed by atoms with van der Waals surface area (Å²) in [7, 11) is 0. The Morgan fingerprint density at radius 2 is 2.00 bits per heavy atom. The van der Waals surface area contributed by atoms with Crippen LogP contribution in [0.1, 0.15) is 12.5 Å². The Morgan fingerprint density at radius 3 is 2.57 bits per heavy atom. The Kier molecular flexibility index (Phi) is 6.35. The van der Waals surface area contributed by atoms with Gasteiger partial charge in [0.15, 0.2) is 0 Å². The molecule has 0 aliphatic rings. The molecule has 3 amide bonds. The van der Waals surface area contributed by atoms with E-state index in [4.69, 9.17) is 5.11 Å². The topological polar surface area (TPSA) is 95.9 Å². The number of carbonyl (C=O) groups is 3. The second kappa shape index (κ2) is 8.01. The minimum Gasteiger partial charge on any atom is -0.480 e. The number of urea groups is 1. The van der Waals surface area contributed by atoms with Crippen LogP contribution >= 0.6 is 0 Å². The number of amides is 3. The summed E-state index contributed by atoms with van der Waals surface area (Å²) < 4.78 is 4.61. The van der Waals surface area contributed by atoms with E-state index in [2.05, 4.69) is 10.1 Å². The summed E-state index contributed by atoms with van der Waals surface area (Å²) in [6.07, 6.45) is 0. The summed E-state index contributed by atoms with van der Waals surface area (Å²) in [6.45, 7) is 3.01. The van der Waals surface area contributed by atoms with Crippen molar-refractivity contribution in [2.45, 2.75) is 13.8 Å². The van der Waals surface area contributed by atoms with Crippen LogP contribution in [-0.2, 0) is 14.3 Å². The van der Waals surface area contributed by atoms with Crippen molar-refractivity contribution in [1.82, 2.24) is 5.32 Å². The molecule has 0 aliphatic carbocycles. The maximum atomic E-state index is 12.0. The van der Waals surface area contributed by atoms with E-state index in [1.54, 1.807) is 13.0 Å². The van der Waals surface area contributed by atoms with Crippen molar-refractivity contribution in [2.75, 3.05) is 24.7 Å². The molecule has 21 heavy (non-hydrogen) atoms. The number of carboxylic acid groups (broad SMARTS) is 1. The standard InChI is InChI=1S/C14H18N2O5/c1-3-16(11-6-4-5-10(2)7-11)14(20)15-12(17)8-21-9-13(18)19/h4-7H,3,8-9H2,1-2H3,(H,18,19)(H,15,17,20). The summed E-state index contributed by atoms with van der Waals surface area (Å²) in [5, 5.41) is 10.5. The number of aliphatic carboxylic acids is 1. The highest BCUT2D eigenvalue weighted by Crippen LogP contribution is 2.15. The summed E-state index contributed by atoms with van der Waals surface area (Å²) in [4.78, 5) is 35.1. The minimum absolute atomic E-state index is 0.387. The number of carbonyl (C=O) groups excluding carboxylic acids is 2. The summed E-state index contributed by atoms with van der Waals surface area (Å²) in [5.74, 6) is -1.86. The molecular weight excluding hydrogens is 276 g/mol. The summed E-state index contributed by atoms with van der Waals surface area (Å²) in [6, 6.07) is 6.74. The SMILES string of the molecule is CCN(C(=O)NC(=O)COCC(=O)O)c1cccc(C)c1. The van der Waals surface area contributed by atoms with Crippen LogP contribution in [0.2, 0.25) is 0 Å². The highest BCUT2D eigenvalue weighted by molar-refractivity contribution is 6.03. The number of imide groups is 1. The van der Waals surface area contributed by atoms with Crippen LogP contribution in [0.25, 0.3) is 0 Å². The Bertz CT molecular complexity index is 530. The van der Waals surface area contributed by atoms with Gasteiger partial charge in [0, 0.05) is 12.2 Å². The molecule has 1 aromatic rings. The molecule has 114 valence electrons. The second-order valence-corrected chi connectivity index (χ2v) is 4.32. The lowest BCUT2D eigenvalue weighted by atomic mass is 10.2. The van der Waals surface area contributed by atoms with E-state index in [-0.39, 0.29) is 0 Å². The van der Waals surface area contributed by atoms with Crippen LogP contribution in [0.3, 0.4) is 0 Å². The molecule has 0 saturated heterocycles. The Hall–Kier alpha value is -2.41. The third-order valence-corrected chi connectivity index (χ3v) is 2.58. The van der Waals surface area contributed by atoms with Crippen molar-refractivity contribution in [3.05, 3.63) is 29.8 Å². The van der Waals surface area contributed by atoms with E-state index < -0.39 is 31.1 Å². The first kappa shape index (κ1) is 16.6. The molecule has 7 heteroatoms. The molecule has 0 spiro atoms. The number of benzene rings is 1. The third-order valence-electron chi connectivity index (χ3n) is 2.58. The predicted molar refractivity (Wildman–Crippen MR) is 76.2 cm³/mol. The Balaban J connectivity index is 2.59. The molecule has 1 rings (SSSR count). The number of anilines is 1. The smallest absolute Gasteiger partial charge is 0.329 e. The molecule has 0 aromatic heterocycles. The maximum absolute atomic E-state index is 12.0. The molecule has 2 N–H and O–H groups in total. The van der Waals surface area contributed by atoms with Crippen molar-refractivity contribution in [3.8, 4) is 0 Å². The molecule has 0 bridgehead atoms. The minimum atomic E-state index is -1.18. The number of nitrogens with zero attached hydrogens (tertiary/aromatic N) is 1. The lowest BCUT2D eigenvalue weighted by molar-refractivity contribution is -0.143. The molecule has 0 saturated carbocycles. The molecular formula is C14H18N2O5. The fourth-order valence-corrected chi connectivity index (χ4v) is 1.69. The maximum Gasteiger partial charge on any atom is 0.329 e. The predicted octanol–water partition coefficient (Wildman–Crippen LogP) is 1.16. The zero-order chi connectivity index (χ0) is 15.8. The first-order chi connectivity index (χ1) is 9.93. The molecule has 0 radical (unpaired) electrons. The normalized spacial score (nSPS) is 10.0. The fourth-order valence-electron chi connectivity index (χ4n) is 1.69. The average molecular weight is 294 g/mol. The Labute approximate surface area is 122 Å². The summed E-state index contributed by atoms with van der Waals surface area (Å²) in [5.41, 5.74) is 1.67. The van der Waals surface area contributed by atoms with Crippen LogP contribution in [0, 0.1) is 6.92 Å². The van der Waals surface area contributed by atoms with Gasteiger partial charge in [-0.2, -0.15) is 0 Å². The highest BCUT2D eigenvalue weighted by atomic mass is 16.5. The van der Waals surface area contributed by atoms with Gasteiger partial charge in [-0.1, -0.05) is 12.1 Å². The lowest BCUT2D eigenvalue weighted by Gasteiger charge is -2.21. The van der Waals surface area contributed by atoms with Gasteiger partial charge in [-0.3, -0.25) is 15.0 Å². The van der Waals surface area contributed by atoms with E-state index in [1.165, 1.54) is 4.90 Å². The van der Waals surface area contributed by atoms with Gasteiger partial charge in [0.2, 0.25) is 0 Å². The number of carboxylic acids is 1. The van der Waals surface area contributed by atoms with Gasteiger partial charge in [0.25, 0.3) is 5.91 Å². The van der Waals surface area contributed by atoms with Gasteiger partial charge < -0.3 is 9.84 Å². The second-order valence-electron chi connectivity index (χ2n) is 4.32. The quantitative estimate of drug-likeness (QED) is 0.820. The van der Waals surface area contributed by atoms with Crippen molar-refractivity contribution in [2.24, 2.45) is 0 Å². The molecule has 0 fully saturated rings. The van der Waals surface area contributed by atoms with E-state index in [0.717, 1.165) is 5.56 Å². The molecule has 0 aliphatic heterocycles. The average Bonchev–Trinajstić information content (AvgIpc) is 2.39. The van der Waals surface area contributed by atoms with E-state index in [0.29, 0.717) is 12.2 Å². The number of hydrogen-bond donors (Lipinski definition) is 2. The van der Waals surface area contributed by atoms with Crippen molar-refractivity contribution in [3.63, 3.8) is 0 Å². The van der Waals surface area contributed by atoms with E-state index in [1.807, 2.05) is 25.1 Å². The molecule has 7 nitrogen and oxygen atoms in total. The van der Waals surface area contributed by atoms with Crippen LogP contribution in [-0.4, -0.2) is 42.8 Å². The number of aryl methyl sites for hydroxylation is 1. The van der Waals surface area contributed by atoms with Gasteiger partial charge >= 0.3 is 12.0 Å². The van der Waals surface area contributed by atoms with Crippen LogP contribution in [0.4, 0.5) is 10.5 Å². The molecule has 0 atom stereocenters. The number of ether oxygens (including phenoxy) is 1. The number of nitrogens with one attached hydrogen (secondary N) is 1. The van der Waals surface area contributed by atoms with E-state index >= 15 is 0 Å². The van der Waals surface area contributed by atoms with Gasteiger partial charge in [0.05, 0.1) is 0 Å². The molecule has 0 unspecified atom stereocenters. The first-order valence-electron chi connectivity index (χ1n) is 6.41. The lowest BCUT2D eigenvalue weighted by Crippen LogP contribution is -2.44. The zero-order valence-corrected chi connectivity index (χ0v) is 12.0. The van der Waals surface area contributed by atoms with Crippen molar-refractivity contribution < 1.29 is 24.2 Å². The van der Waals surface area contributed by atoms with Crippen molar-refractivity contribution in [1.29, 1.82) is 0 Å². The zero-order valence-electron chi connectivity index (χ0n) is 12.0. The molecule has 0 heterocycles. The van der Waals surface area contributed by atoms with Gasteiger partial charge in [-0.05, 0) is 31.5 Å². The van der Waals surface area contributed by atoms with Crippen molar-refractivity contribution >= 4 is 23.6 Å².